The fourth-order valence-corrected chi connectivity index (χ4v) is 2.50. The highest BCUT2D eigenvalue weighted by Gasteiger charge is 2.34. The summed E-state index contributed by atoms with van der Waals surface area (Å²) in [4.78, 5) is 12.4. The first kappa shape index (κ1) is 12.7. The zero-order valence-electron chi connectivity index (χ0n) is 9.73. The SMILES string of the molecule is CCCn1ncc(Br)c1C(=O)C1COCC1N. The van der Waals surface area contributed by atoms with Gasteiger partial charge in [-0.2, -0.15) is 5.10 Å². The summed E-state index contributed by atoms with van der Waals surface area (Å²) in [6.45, 7) is 3.64. The Morgan fingerprint density at radius 2 is 2.47 bits per heavy atom. The number of carbonyl (C=O) groups is 1. The second-order valence-corrected chi connectivity index (χ2v) is 5.09. The molecule has 0 saturated carbocycles. The standard InChI is InChI=1S/C11H16BrN3O2/c1-2-3-15-10(8(12)4-14-15)11(16)7-5-17-6-9(7)13/h4,7,9H,2-3,5-6,13H2,1H3. The third-order valence-electron chi connectivity index (χ3n) is 2.92. The lowest BCUT2D eigenvalue weighted by molar-refractivity contribution is 0.0884. The van der Waals surface area contributed by atoms with E-state index in [0.29, 0.717) is 18.9 Å². The van der Waals surface area contributed by atoms with Gasteiger partial charge in [0.25, 0.3) is 0 Å². The highest BCUT2D eigenvalue weighted by molar-refractivity contribution is 9.10. The fraction of sp³-hybridized carbons (Fsp3) is 0.636. The van der Waals surface area contributed by atoms with Gasteiger partial charge in [-0.3, -0.25) is 9.48 Å². The molecule has 2 N–H and O–H groups in total. The zero-order valence-corrected chi connectivity index (χ0v) is 11.3. The van der Waals surface area contributed by atoms with Crippen LogP contribution in [0.3, 0.4) is 0 Å². The summed E-state index contributed by atoms with van der Waals surface area (Å²) in [6, 6.07) is -0.209. The van der Waals surface area contributed by atoms with E-state index < -0.39 is 0 Å². The monoisotopic (exact) mass is 301 g/mol. The molecular weight excluding hydrogens is 286 g/mol. The molecule has 1 aliphatic rings. The van der Waals surface area contributed by atoms with Gasteiger partial charge in [0.1, 0.15) is 5.69 Å². The Kier molecular flexibility index (Phi) is 3.96. The third-order valence-corrected chi connectivity index (χ3v) is 3.51. The van der Waals surface area contributed by atoms with E-state index in [-0.39, 0.29) is 17.7 Å². The van der Waals surface area contributed by atoms with Gasteiger partial charge in [-0.05, 0) is 22.4 Å². The number of ketones is 1. The van der Waals surface area contributed by atoms with Crippen molar-refractivity contribution in [2.45, 2.75) is 25.9 Å². The Balaban J connectivity index is 2.26. The molecule has 0 aromatic carbocycles. The van der Waals surface area contributed by atoms with Gasteiger partial charge in [0.05, 0.1) is 29.8 Å². The lowest BCUT2D eigenvalue weighted by Crippen LogP contribution is -2.35. The van der Waals surface area contributed by atoms with Crippen LogP contribution in [0.2, 0.25) is 0 Å². The molecule has 1 aliphatic heterocycles. The first-order chi connectivity index (χ1) is 8.15. The molecule has 1 aromatic rings. The van der Waals surface area contributed by atoms with Crippen LogP contribution in [0.4, 0.5) is 0 Å². The predicted molar refractivity (Wildman–Crippen MR) is 66.8 cm³/mol. The average Bonchev–Trinajstić information content (AvgIpc) is 2.86. The van der Waals surface area contributed by atoms with E-state index in [2.05, 4.69) is 21.0 Å². The van der Waals surface area contributed by atoms with E-state index >= 15 is 0 Å². The summed E-state index contributed by atoms with van der Waals surface area (Å²) in [7, 11) is 0. The van der Waals surface area contributed by atoms with Crippen molar-refractivity contribution in [1.82, 2.24) is 9.78 Å². The van der Waals surface area contributed by atoms with Crippen LogP contribution in [-0.2, 0) is 11.3 Å². The van der Waals surface area contributed by atoms with Gasteiger partial charge >= 0.3 is 0 Å². The lowest BCUT2D eigenvalue weighted by atomic mass is 9.97. The smallest absolute Gasteiger partial charge is 0.189 e. The normalized spacial score (nSPS) is 24.2. The molecular formula is C11H16BrN3O2. The van der Waals surface area contributed by atoms with E-state index in [0.717, 1.165) is 17.4 Å². The molecule has 2 unspecified atom stereocenters. The lowest BCUT2D eigenvalue weighted by Gasteiger charge is -2.13. The van der Waals surface area contributed by atoms with E-state index in [1.165, 1.54) is 0 Å². The molecule has 2 rings (SSSR count). The second-order valence-electron chi connectivity index (χ2n) is 4.24. The van der Waals surface area contributed by atoms with Gasteiger partial charge in [0.2, 0.25) is 0 Å². The van der Waals surface area contributed by atoms with Gasteiger partial charge < -0.3 is 10.5 Å². The largest absolute Gasteiger partial charge is 0.379 e. The average molecular weight is 302 g/mol. The Bertz CT molecular complexity index is 419. The van der Waals surface area contributed by atoms with Crippen LogP contribution in [0, 0.1) is 5.92 Å². The van der Waals surface area contributed by atoms with Crippen LogP contribution in [0.15, 0.2) is 10.7 Å². The highest BCUT2D eigenvalue weighted by Crippen LogP contribution is 2.23. The van der Waals surface area contributed by atoms with E-state index in [4.69, 9.17) is 10.5 Å². The van der Waals surface area contributed by atoms with Gasteiger partial charge in [0.15, 0.2) is 5.78 Å². The van der Waals surface area contributed by atoms with E-state index in [1.54, 1.807) is 10.9 Å². The zero-order chi connectivity index (χ0) is 12.4. The van der Waals surface area contributed by atoms with Crippen LogP contribution < -0.4 is 5.73 Å². The second kappa shape index (κ2) is 5.29. The Morgan fingerprint density at radius 1 is 1.71 bits per heavy atom. The van der Waals surface area contributed by atoms with Crippen molar-refractivity contribution in [2.24, 2.45) is 11.7 Å². The molecule has 94 valence electrons. The van der Waals surface area contributed by atoms with Crippen molar-refractivity contribution in [3.05, 3.63) is 16.4 Å². The molecule has 0 amide bonds. The molecule has 6 heteroatoms. The van der Waals surface area contributed by atoms with E-state index in [1.807, 2.05) is 6.92 Å². The first-order valence-corrected chi connectivity index (χ1v) is 6.53. The molecule has 0 radical (unpaired) electrons. The summed E-state index contributed by atoms with van der Waals surface area (Å²) < 4.78 is 7.70. The maximum Gasteiger partial charge on any atom is 0.189 e. The molecule has 0 aliphatic carbocycles. The van der Waals surface area contributed by atoms with Crippen LogP contribution in [0.5, 0.6) is 0 Å². The van der Waals surface area contributed by atoms with Crippen LogP contribution in [0.25, 0.3) is 0 Å². The molecule has 1 aromatic heterocycles. The van der Waals surface area contributed by atoms with Crippen molar-refractivity contribution < 1.29 is 9.53 Å². The van der Waals surface area contributed by atoms with Crippen LogP contribution >= 0.6 is 15.9 Å². The number of nitrogens with two attached hydrogens (primary N) is 1. The summed E-state index contributed by atoms with van der Waals surface area (Å²) in [5.41, 5.74) is 6.48. The van der Waals surface area contributed by atoms with Gasteiger partial charge in [0, 0.05) is 12.6 Å². The predicted octanol–water partition coefficient (Wildman–Crippen LogP) is 1.21. The highest BCUT2D eigenvalue weighted by atomic mass is 79.9. The number of aryl methyl sites for hydroxylation is 1. The number of aromatic nitrogens is 2. The van der Waals surface area contributed by atoms with E-state index in [9.17, 15) is 4.79 Å². The van der Waals surface area contributed by atoms with Crippen LogP contribution in [-0.4, -0.2) is 34.8 Å². The van der Waals surface area contributed by atoms with Gasteiger partial charge in [-0.15, -0.1) is 0 Å². The van der Waals surface area contributed by atoms with Crippen molar-refractivity contribution in [1.29, 1.82) is 0 Å². The number of hydrogen-bond acceptors (Lipinski definition) is 4. The molecule has 5 nitrogen and oxygen atoms in total. The maximum atomic E-state index is 12.4. The summed E-state index contributed by atoms with van der Waals surface area (Å²) in [6.07, 6.45) is 2.59. The minimum atomic E-state index is -0.251. The Hall–Kier alpha value is -0.720. The summed E-state index contributed by atoms with van der Waals surface area (Å²) >= 11 is 3.37. The molecule has 1 saturated heterocycles. The van der Waals surface area contributed by atoms with Crippen LogP contribution in [0.1, 0.15) is 23.8 Å². The number of hydrogen-bond donors (Lipinski definition) is 1. The number of rotatable bonds is 4. The quantitative estimate of drug-likeness (QED) is 0.849. The summed E-state index contributed by atoms with van der Waals surface area (Å²) in [5, 5.41) is 4.19. The topological polar surface area (TPSA) is 70.1 Å². The molecule has 1 fully saturated rings. The van der Waals surface area contributed by atoms with Gasteiger partial charge in [-0.25, -0.2) is 0 Å². The Morgan fingerprint density at radius 3 is 3.06 bits per heavy atom. The molecule has 0 spiro atoms. The molecule has 0 bridgehead atoms. The minimum absolute atomic E-state index is 0.0211. The van der Waals surface area contributed by atoms with Crippen molar-refractivity contribution in [3.63, 3.8) is 0 Å². The minimum Gasteiger partial charge on any atom is -0.379 e. The first-order valence-electron chi connectivity index (χ1n) is 5.74. The fourth-order valence-electron chi connectivity index (χ4n) is 2.01. The van der Waals surface area contributed by atoms with Crippen molar-refractivity contribution in [2.75, 3.05) is 13.2 Å². The summed E-state index contributed by atoms with van der Waals surface area (Å²) in [5.74, 6) is -0.230. The molecule has 2 heterocycles. The molecule has 17 heavy (non-hydrogen) atoms. The number of carbonyl (C=O) groups excluding carboxylic acids is 1. The Labute approximate surface area is 108 Å². The van der Waals surface area contributed by atoms with Gasteiger partial charge in [-0.1, -0.05) is 6.92 Å². The third kappa shape index (κ3) is 2.43. The molecule has 2 atom stereocenters. The van der Waals surface area contributed by atoms with Crippen molar-refractivity contribution >= 4 is 21.7 Å². The van der Waals surface area contributed by atoms with Crippen molar-refractivity contribution in [3.8, 4) is 0 Å². The number of nitrogens with zero attached hydrogens (tertiary/aromatic N) is 2. The maximum absolute atomic E-state index is 12.4. The number of halogens is 1. The number of Topliss-reactive ketones (excluding diaryl/α,β-unsaturated/α-hetero) is 1. The number of ether oxygens (including phenoxy) is 1.